The van der Waals surface area contributed by atoms with E-state index in [9.17, 15) is 29.1 Å². The van der Waals surface area contributed by atoms with Gasteiger partial charge in [-0.05, 0) is 0 Å². The highest BCUT2D eigenvalue weighted by atomic mass is 16.5. The van der Waals surface area contributed by atoms with Crippen molar-refractivity contribution < 1.29 is 48.5 Å². The lowest BCUT2D eigenvalue weighted by atomic mass is 10.2. The van der Waals surface area contributed by atoms with Crippen LogP contribution in [0, 0.1) is 0 Å². The number of ketones is 1. The first-order chi connectivity index (χ1) is 11.3. The molecule has 0 saturated heterocycles. The number of carbonyl (C=O) groups excluding carboxylic acids is 3. The molecular weight excluding hydrogens is 338 g/mol. The van der Waals surface area contributed by atoms with Crippen LogP contribution in [0.4, 0.5) is 0 Å². The van der Waals surface area contributed by atoms with Crippen molar-refractivity contribution in [1.29, 1.82) is 0 Å². The number of hydrogen-bond donors (Lipinski definition) is 2. The molecule has 0 aliphatic rings. The second kappa shape index (κ2) is 12.0. The van der Waals surface area contributed by atoms with Crippen LogP contribution in [0.2, 0.25) is 0 Å². The molecule has 0 aliphatic heterocycles. The number of nitrogens with zero attached hydrogens (tertiary/aromatic N) is 1. The van der Waals surface area contributed by atoms with Gasteiger partial charge >= 0.3 is 17.9 Å². The Balaban J connectivity index is 0. The van der Waals surface area contributed by atoms with Crippen LogP contribution in [0.15, 0.2) is 0 Å². The zero-order valence-corrected chi connectivity index (χ0v) is 14.8. The SMILES string of the molecule is CCC(=O)OC(CC(=O)[O-])C[N+](C)(C)C.O=C(O)CCC(=O)C(=O)O. The number of carbonyl (C=O) groups is 5. The van der Waals surface area contributed by atoms with E-state index in [2.05, 4.69) is 0 Å². The lowest BCUT2D eigenvalue weighted by Gasteiger charge is -2.29. The fraction of sp³-hybridized carbons (Fsp3) is 0.667. The van der Waals surface area contributed by atoms with Crippen LogP contribution in [0.5, 0.6) is 0 Å². The highest BCUT2D eigenvalue weighted by Gasteiger charge is 2.21. The second-order valence-corrected chi connectivity index (χ2v) is 6.14. The van der Waals surface area contributed by atoms with Crippen LogP contribution in [0.1, 0.15) is 32.6 Å². The summed E-state index contributed by atoms with van der Waals surface area (Å²) >= 11 is 0. The van der Waals surface area contributed by atoms with Gasteiger partial charge in [-0.2, -0.15) is 0 Å². The van der Waals surface area contributed by atoms with Crippen molar-refractivity contribution >= 4 is 29.7 Å². The number of aliphatic carboxylic acids is 3. The zero-order chi connectivity index (χ0) is 20.2. The number of quaternary nitrogens is 1. The van der Waals surface area contributed by atoms with Crippen LogP contribution >= 0.6 is 0 Å². The van der Waals surface area contributed by atoms with E-state index >= 15 is 0 Å². The van der Waals surface area contributed by atoms with E-state index in [0.717, 1.165) is 0 Å². The summed E-state index contributed by atoms with van der Waals surface area (Å²) in [5.74, 6) is -5.40. The first-order valence-corrected chi connectivity index (χ1v) is 7.46. The van der Waals surface area contributed by atoms with Crippen molar-refractivity contribution in [1.82, 2.24) is 0 Å². The van der Waals surface area contributed by atoms with Gasteiger partial charge in [-0.15, -0.1) is 0 Å². The number of ether oxygens (including phenoxy) is 1. The van der Waals surface area contributed by atoms with E-state index in [1.54, 1.807) is 6.92 Å². The molecular formula is C15H25NO9. The highest BCUT2D eigenvalue weighted by Crippen LogP contribution is 2.05. The fourth-order valence-corrected chi connectivity index (χ4v) is 1.54. The molecule has 1 unspecified atom stereocenters. The predicted molar refractivity (Wildman–Crippen MR) is 82.2 cm³/mol. The Morgan fingerprint density at radius 3 is 1.88 bits per heavy atom. The summed E-state index contributed by atoms with van der Waals surface area (Å²) in [5, 5.41) is 26.4. The molecule has 25 heavy (non-hydrogen) atoms. The first-order valence-electron chi connectivity index (χ1n) is 7.46. The van der Waals surface area contributed by atoms with E-state index in [1.807, 2.05) is 21.1 Å². The Kier molecular flexibility index (Phi) is 11.8. The van der Waals surface area contributed by atoms with Gasteiger partial charge in [0, 0.05) is 25.2 Å². The molecule has 0 fully saturated rings. The summed E-state index contributed by atoms with van der Waals surface area (Å²) in [6, 6.07) is 0. The van der Waals surface area contributed by atoms with Crippen molar-refractivity contribution in [2.45, 2.75) is 38.7 Å². The summed E-state index contributed by atoms with van der Waals surface area (Å²) in [6.45, 7) is 2.13. The van der Waals surface area contributed by atoms with Crippen molar-refractivity contribution in [2.75, 3.05) is 27.7 Å². The Labute approximate surface area is 145 Å². The number of Topliss-reactive ketones (excluding diaryl/α,β-unsaturated/α-hetero) is 1. The summed E-state index contributed by atoms with van der Waals surface area (Å²) in [4.78, 5) is 51.2. The normalized spacial score (nSPS) is 11.5. The van der Waals surface area contributed by atoms with Gasteiger partial charge in [0.2, 0.25) is 5.78 Å². The number of hydrogen-bond acceptors (Lipinski definition) is 7. The number of rotatable bonds is 10. The van der Waals surface area contributed by atoms with Gasteiger partial charge in [0.15, 0.2) is 6.10 Å². The maximum Gasteiger partial charge on any atom is 0.372 e. The van der Waals surface area contributed by atoms with Gasteiger partial charge in [-0.1, -0.05) is 6.92 Å². The molecule has 0 radical (unpaired) electrons. The maximum atomic E-state index is 11.0. The average molecular weight is 363 g/mol. The quantitative estimate of drug-likeness (QED) is 0.272. The van der Waals surface area contributed by atoms with E-state index in [1.165, 1.54) is 0 Å². The third-order valence-corrected chi connectivity index (χ3v) is 2.54. The van der Waals surface area contributed by atoms with E-state index in [-0.39, 0.29) is 18.8 Å². The maximum absolute atomic E-state index is 11.0. The standard InChI is InChI=1S/C10H19NO4.C5H6O5/c1-5-10(14)15-8(6-9(12)13)7-11(2,3)4;6-3(5(9)10)1-2-4(7)8/h8H,5-7H2,1-4H3;1-2H2,(H,7,8)(H,9,10). The summed E-state index contributed by atoms with van der Waals surface area (Å²) in [7, 11) is 5.71. The molecule has 0 heterocycles. The molecule has 2 N–H and O–H groups in total. The molecule has 0 bridgehead atoms. The highest BCUT2D eigenvalue weighted by molar-refractivity contribution is 6.32. The summed E-state index contributed by atoms with van der Waals surface area (Å²) in [6.07, 6.45) is -1.47. The second-order valence-electron chi connectivity index (χ2n) is 6.14. The minimum atomic E-state index is -1.58. The monoisotopic (exact) mass is 363 g/mol. The zero-order valence-electron chi connectivity index (χ0n) is 14.8. The molecule has 0 aromatic heterocycles. The minimum absolute atomic E-state index is 0.249. The number of carboxylic acid groups (broad SMARTS) is 3. The average Bonchev–Trinajstić information content (AvgIpc) is 2.42. The minimum Gasteiger partial charge on any atom is -0.550 e. The molecule has 10 heteroatoms. The van der Waals surface area contributed by atoms with Crippen molar-refractivity contribution in [3.05, 3.63) is 0 Å². The molecule has 0 saturated carbocycles. The third kappa shape index (κ3) is 17.7. The van der Waals surface area contributed by atoms with Gasteiger partial charge in [0.25, 0.3) is 0 Å². The lowest BCUT2D eigenvalue weighted by molar-refractivity contribution is -0.873. The number of esters is 1. The molecule has 0 aromatic carbocycles. The first kappa shape index (κ1) is 24.8. The van der Waals surface area contributed by atoms with Gasteiger partial charge in [0.05, 0.1) is 27.6 Å². The molecule has 0 rings (SSSR count). The molecule has 0 aromatic rings. The topological polar surface area (TPSA) is 158 Å². The van der Waals surface area contributed by atoms with E-state index in [4.69, 9.17) is 14.9 Å². The van der Waals surface area contributed by atoms with Crippen molar-refractivity contribution in [2.24, 2.45) is 0 Å². The Morgan fingerprint density at radius 1 is 1.04 bits per heavy atom. The molecule has 144 valence electrons. The predicted octanol–water partition coefficient (Wildman–Crippen LogP) is -1.34. The Bertz CT molecular complexity index is 494. The molecule has 0 spiro atoms. The van der Waals surface area contributed by atoms with Crippen LogP contribution in [0.3, 0.4) is 0 Å². The van der Waals surface area contributed by atoms with Crippen molar-refractivity contribution in [3.63, 3.8) is 0 Å². The summed E-state index contributed by atoms with van der Waals surface area (Å²) in [5.41, 5.74) is 0. The summed E-state index contributed by atoms with van der Waals surface area (Å²) < 4.78 is 5.55. The smallest absolute Gasteiger partial charge is 0.372 e. The lowest BCUT2D eigenvalue weighted by Crippen LogP contribution is -2.45. The molecule has 0 aliphatic carbocycles. The van der Waals surface area contributed by atoms with Crippen LogP contribution in [-0.2, 0) is 28.7 Å². The Hall–Kier alpha value is -2.49. The largest absolute Gasteiger partial charge is 0.550 e. The number of likely N-dealkylation sites (N-methyl/N-ethyl adjacent to an activating group) is 1. The number of carboxylic acids is 3. The van der Waals surface area contributed by atoms with Crippen LogP contribution < -0.4 is 5.11 Å². The molecule has 0 amide bonds. The van der Waals surface area contributed by atoms with E-state index < -0.39 is 42.6 Å². The van der Waals surface area contributed by atoms with Gasteiger partial charge in [-0.25, -0.2) is 4.79 Å². The fourth-order valence-electron chi connectivity index (χ4n) is 1.54. The van der Waals surface area contributed by atoms with Gasteiger partial charge in [-0.3, -0.25) is 14.4 Å². The van der Waals surface area contributed by atoms with Gasteiger partial charge in [0.1, 0.15) is 6.54 Å². The van der Waals surface area contributed by atoms with Gasteiger partial charge < -0.3 is 29.3 Å². The molecule has 10 nitrogen and oxygen atoms in total. The van der Waals surface area contributed by atoms with E-state index in [0.29, 0.717) is 11.0 Å². The van der Waals surface area contributed by atoms with Crippen LogP contribution in [0.25, 0.3) is 0 Å². The third-order valence-electron chi connectivity index (χ3n) is 2.54. The van der Waals surface area contributed by atoms with Crippen molar-refractivity contribution in [3.8, 4) is 0 Å². The van der Waals surface area contributed by atoms with Crippen LogP contribution in [-0.4, -0.2) is 78.1 Å². The molecule has 1 atom stereocenters. The Morgan fingerprint density at radius 2 is 1.56 bits per heavy atom.